The number of carbonyl (C=O) groups is 1. The lowest BCUT2D eigenvalue weighted by Crippen LogP contribution is -2.03. The van der Waals surface area contributed by atoms with Gasteiger partial charge in [-0.15, -0.1) is 0 Å². The van der Waals surface area contributed by atoms with E-state index in [0.717, 1.165) is 21.8 Å². The molecular formula is C15H9F2IO2. The number of ether oxygens (including phenoxy) is 1. The first kappa shape index (κ1) is 14.6. The summed E-state index contributed by atoms with van der Waals surface area (Å²) in [7, 11) is 0. The van der Waals surface area contributed by atoms with E-state index in [1.807, 2.05) is 12.1 Å². The van der Waals surface area contributed by atoms with Gasteiger partial charge in [0.25, 0.3) is 0 Å². The standard InChI is InChI=1S/C15H9F2IO2/c16-13-7-1-10(9-14(13)17)2-8-15(19)20-12-5-3-11(18)4-6-12/h1-9H/b8-2+. The summed E-state index contributed by atoms with van der Waals surface area (Å²) in [5.41, 5.74) is 0.378. The van der Waals surface area contributed by atoms with Gasteiger partial charge in [-0.3, -0.25) is 0 Å². The molecule has 0 bridgehead atoms. The van der Waals surface area contributed by atoms with E-state index < -0.39 is 17.6 Å². The van der Waals surface area contributed by atoms with E-state index in [2.05, 4.69) is 22.6 Å². The van der Waals surface area contributed by atoms with Gasteiger partial charge in [-0.2, -0.15) is 0 Å². The first-order valence-electron chi connectivity index (χ1n) is 5.65. The van der Waals surface area contributed by atoms with Crippen LogP contribution in [0.15, 0.2) is 48.5 Å². The van der Waals surface area contributed by atoms with Gasteiger partial charge in [-0.25, -0.2) is 13.6 Å². The van der Waals surface area contributed by atoms with E-state index >= 15 is 0 Å². The van der Waals surface area contributed by atoms with Crippen molar-refractivity contribution in [2.24, 2.45) is 0 Å². The Bertz CT molecular complexity index is 651. The summed E-state index contributed by atoms with van der Waals surface area (Å²) in [5.74, 6) is -2.05. The molecule has 0 saturated heterocycles. The van der Waals surface area contributed by atoms with Gasteiger partial charge in [0.05, 0.1) is 0 Å². The fourth-order valence-corrected chi connectivity index (χ4v) is 1.79. The zero-order valence-corrected chi connectivity index (χ0v) is 12.3. The molecule has 0 radical (unpaired) electrons. The van der Waals surface area contributed by atoms with Crippen LogP contribution < -0.4 is 4.74 Å². The van der Waals surface area contributed by atoms with Gasteiger partial charge >= 0.3 is 5.97 Å². The van der Waals surface area contributed by atoms with Crippen LogP contribution in [-0.4, -0.2) is 5.97 Å². The van der Waals surface area contributed by atoms with Crippen LogP contribution in [0.25, 0.3) is 6.08 Å². The van der Waals surface area contributed by atoms with Gasteiger partial charge in [-0.05, 0) is 70.6 Å². The van der Waals surface area contributed by atoms with Crippen LogP contribution in [0.4, 0.5) is 8.78 Å². The van der Waals surface area contributed by atoms with E-state index in [9.17, 15) is 13.6 Å². The number of esters is 1. The summed E-state index contributed by atoms with van der Waals surface area (Å²) in [6.45, 7) is 0. The lowest BCUT2D eigenvalue weighted by Gasteiger charge is -2.01. The number of rotatable bonds is 3. The molecule has 0 atom stereocenters. The van der Waals surface area contributed by atoms with Crippen molar-refractivity contribution >= 4 is 34.6 Å². The van der Waals surface area contributed by atoms with Crippen LogP contribution >= 0.6 is 22.6 Å². The van der Waals surface area contributed by atoms with Crippen LogP contribution in [0.2, 0.25) is 0 Å². The minimum absolute atomic E-state index is 0.378. The minimum Gasteiger partial charge on any atom is -0.423 e. The van der Waals surface area contributed by atoms with Gasteiger partial charge in [0.2, 0.25) is 0 Å². The number of halogens is 3. The molecule has 2 rings (SSSR count). The molecule has 0 fully saturated rings. The Labute approximate surface area is 128 Å². The summed E-state index contributed by atoms with van der Waals surface area (Å²) >= 11 is 2.14. The van der Waals surface area contributed by atoms with Gasteiger partial charge in [0.1, 0.15) is 5.75 Å². The topological polar surface area (TPSA) is 26.3 Å². The molecule has 0 aromatic heterocycles. The predicted octanol–water partition coefficient (Wildman–Crippen LogP) is 4.19. The third-order valence-corrected chi connectivity index (χ3v) is 3.11. The van der Waals surface area contributed by atoms with Crippen molar-refractivity contribution in [2.75, 3.05) is 0 Å². The SMILES string of the molecule is O=C(/C=C/c1ccc(F)c(F)c1)Oc1ccc(I)cc1. The number of benzene rings is 2. The second-order valence-electron chi connectivity index (χ2n) is 3.88. The highest BCUT2D eigenvalue weighted by molar-refractivity contribution is 14.1. The maximum Gasteiger partial charge on any atom is 0.336 e. The molecule has 0 aliphatic rings. The Morgan fingerprint density at radius 2 is 1.75 bits per heavy atom. The molecule has 0 saturated carbocycles. The molecule has 0 N–H and O–H groups in total. The third kappa shape index (κ3) is 4.12. The predicted molar refractivity (Wildman–Crippen MR) is 80.2 cm³/mol. The van der Waals surface area contributed by atoms with E-state index in [4.69, 9.17) is 4.74 Å². The summed E-state index contributed by atoms with van der Waals surface area (Å²) in [4.78, 5) is 11.5. The van der Waals surface area contributed by atoms with Crippen molar-refractivity contribution in [2.45, 2.75) is 0 Å². The molecular weight excluding hydrogens is 377 g/mol. The number of carbonyl (C=O) groups excluding carboxylic acids is 1. The Balaban J connectivity index is 2.01. The Kier molecular flexibility index (Phi) is 4.84. The van der Waals surface area contributed by atoms with Crippen molar-refractivity contribution in [3.63, 3.8) is 0 Å². The first-order valence-corrected chi connectivity index (χ1v) is 6.73. The molecule has 5 heteroatoms. The smallest absolute Gasteiger partial charge is 0.336 e. The molecule has 2 nitrogen and oxygen atoms in total. The van der Waals surface area contributed by atoms with E-state index in [1.165, 1.54) is 12.1 Å². The molecule has 0 aliphatic carbocycles. The third-order valence-electron chi connectivity index (χ3n) is 2.39. The van der Waals surface area contributed by atoms with E-state index in [-0.39, 0.29) is 0 Å². The molecule has 0 aliphatic heterocycles. The van der Waals surface area contributed by atoms with Crippen molar-refractivity contribution in [1.82, 2.24) is 0 Å². The minimum atomic E-state index is -0.960. The Hall–Kier alpha value is -1.76. The Morgan fingerprint density at radius 3 is 2.40 bits per heavy atom. The van der Waals surface area contributed by atoms with Gasteiger partial charge in [0.15, 0.2) is 11.6 Å². The molecule has 0 heterocycles. The van der Waals surface area contributed by atoms with Crippen LogP contribution in [0.1, 0.15) is 5.56 Å². The largest absolute Gasteiger partial charge is 0.423 e. The van der Waals surface area contributed by atoms with Crippen LogP contribution in [0.5, 0.6) is 5.75 Å². The van der Waals surface area contributed by atoms with Crippen molar-refractivity contribution < 1.29 is 18.3 Å². The molecule has 102 valence electrons. The molecule has 20 heavy (non-hydrogen) atoms. The Morgan fingerprint density at radius 1 is 1.05 bits per heavy atom. The van der Waals surface area contributed by atoms with Gasteiger partial charge in [-0.1, -0.05) is 6.07 Å². The zero-order chi connectivity index (χ0) is 14.5. The van der Waals surface area contributed by atoms with E-state index in [1.54, 1.807) is 12.1 Å². The maximum atomic E-state index is 13.0. The fraction of sp³-hybridized carbons (Fsp3) is 0. The second kappa shape index (κ2) is 6.60. The van der Waals surface area contributed by atoms with Crippen molar-refractivity contribution in [1.29, 1.82) is 0 Å². The lowest BCUT2D eigenvalue weighted by atomic mass is 10.2. The van der Waals surface area contributed by atoms with E-state index in [0.29, 0.717) is 11.3 Å². The number of hydrogen-bond acceptors (Lipinski definition) is 2. The van der Waals surface area contributed by atoms with Crippen molar-refractivity contribution in [3.8, 4) is 5.75 Å². The second-order valence-corrected chi connectivity index (χ2v) is 5.13. The maximum absolute atomic E-state index is 13.0. The molecule has 0 spiro atoms. The van der Waals surface area contributed by atoms with Crippen LogP contribution in [-0.2, 0) is 4.79 Å². The highest BCUT2D eigenvalue weighted by Gasteiger charge is 2.02. The molecule has 2 aromatic carbocycles. The summed E-state index contributed by atoms with van der Waals surface area (Å²) in [5, 5.41) is 0. The molecule has 2 aromatic rings. The average Bonchev–Trinajstić information content (AvgIpc) is 2.43. The first-order chi connectivity index (χ1) is 9.54. The quantitative estimate of drug-likeness (QED) is 0.342. The van der Waals surface area contributed by atoms with Gasteiger partial charge < -0.3 is 4.74 Å². The summed E-state index contributed by atoms with van der Waals surface area (Å²) in [6.07, 6.45) is 2.52. The summed E-state index contributed by atoms with van der Waals surface area (Å²) in [6, 6.07) is 10.3. The average molecular weight is 386 g/mol. The lowest BCUT2D eigenvalue weighted by molar-refractivity contribution is -0.128. The highest BCUT2D eigenvalue weighted by Crippen LogP contribution is 2.14. The van der Waals surface area contributed by atoms with Gasteiger partial charge in [0, 0.05) is 9.65 Å². The summed E-state index contributed by atoms with van der Waals surface area (Å²) < 4.78 is 31.8. The van der Waals surface area contributed by atoms with Crippen LogP contribution in [0, 0.1) is 15.2 Å². The van der Waals surface area contributed by atoms with Crippen molar-refractivity contribution in [3.05, 3.63) is 69.3 Å². The normalized spacial score (nSPS) is 10.8. The highest BCUT2D eigenvalue weighted by atomic mass is 127. The zero-order valence-electron chi connectivity index (χ0n) is 10.1. The monoisotopic (exact) mass is 386 g/mol. The van der Waals surface area contributed by atoms with Crippen LogP contribution in [0.3, 0.4) is 0 Å². The molecule has 0 unspecified atom stereocenters. The molecule has 0 amide bonds. The fourth-order valence-electron chi connectivity index (χ4n) is 1.43. The number of hydrogen-bond donors (Lipinski definition) is 0.